The summed E-state index contributed by atoms with van der Waals surface area (Å²) in [5.74, 6) is 3.58. The van der Waals surface area contributed by atoms with Crippen molar-refractivity contribution in [3.05, 3.63) is 264 Å². The summed E-state index contributed by atoms with van der Waals surface area (Å²) in [6, 6.07) is 82.9. The zero-order valence-electron chi connectivity index (χ0n) is 39.6. The molecule has 0 amide bonds. The summed E-state index contributed by atoms with van der Waals surface area (Å²) in [4.78, 5) is 15.8. The molecule has 0 saturated heterocycles. The van der Waals surface area contributed by atoms with Gasteiger partial charge in [-0.05, 0) is 110 Å². The highest BCUT2D eigenvalue weighted by molar-refractivity contribution is 6.12. The lowest BCUT2D eigenvalue weighted by molar-refractivity contribution is 0.436. The van der Waals surface area contributed by atoms with Gasteiger partial charge in [-0.1, -0.05) is 190 Å². The molecule has 3 heterocycles. The van der Waals surface area contributed by atoms with Gasteiger partial charge in [0.15, 0.2) is 17.5 Å². The SMILES string of the molecule is CC1(C)c2cc(-c3ccc4c(c3)-c3c(-c5nc(-c6ccccc6)nc(-c6ccccc6)n5)cccc3C43c4ccccc4Oc4ccccc43)ccc2-c2cc3c4ccccc4n(-c4ccccc4)c3cc21. The van der Waals surface area contributed by atoms with Gasteiger partial charge in [0.25, 0.3) is 0 Å². The maximum absolute atomic E-state index is 6.76. The lowest BCUT2D eigenvalue weighted by atomic mass is 9.66. The minimum atomic E-state index is -0.684. The molecule has 0 saturated carbocycles. The molecule has 2 aliphatic carbocycles. The van der Waals surface area contributed by atoms with E-state index in [0.29, 0.717) is 17.5 Å². The molecule has 2 aromatic heterocycles. The molecule has 1 aliphatic heterocycles. The molecule has 72 heavy (non-hydrogen) atoms. The fourth-order valence-electron chi connectivity index (χ4n) is 12.5. The predicted molar refractivity (Wildman–Crippen MR) is 291 cm³/mol. The van der Waals surface area contributed by atoms with E-state index in [1.165, 1.54) is 66.4 Å². The molecule has 5 nitrogen and oxygen atoms in total. The number of rotatable bonds is 5. The van der Waals surface area contributed by atoms with E-state index in [-0.39, 0.29) is 5.41 Å². The van der Waals surface area contributed by atoms with Gasteiger partial charge in [-0.15, -0.1) is 0 Å². The number of benzene rings is 10. The second-order valence-electron chi connectivity index (χ2n) is 19.9. The second kappa shape index (κ2) is 15.2. The van der Waals surface area contributed by atoms with Gasteiger partial charge in [0.05, 0.1) is 16.4 Å². The molecule has 0 unspecified atom stereocenters. The van der Waals surface area contributed by atoms with E-state index in [1.807, 2.05) is 36.4 Å². The highest BCUT2D eigenvalue weighted by atomic mass is 16.5. The lowest BCUT2D eigenvalue weighted by Crippen LogP contribution is -2.32. The second-order valence-corrected chi connectivity index (χ2v) is 19.9. The fourth-order valence-corrected chi connectivity index (χ4v) is 12.5. The van der Waals surface area contributed by atoms with E-state index in [0.717, 1.165) is 56.0 Å². The van der Waals surface area contributed by atoms with E-state index in [2.05, 4.69) is 213 Å². The maximum atomic E-state index is 6.76. The Balaban J connectivity index is 0.951. The van der Waals surface area contributed by atoms with Crippen LogP contribution >= 0.6 is 0 Å². The zero-order valence-corrected chi connectivity index (χ0v) is 39.6. The van der Waals surface area contributed by atoms with Crippen LogP contribution in [-0.2, 0) is 10.8 Å². The Morgan fingerprint density at radius 2 is 0.917 bits per heavy atom. The van der Waals surface area contributed by atoms with Gasteiger partial charge in [-0.3, -0.25) is 0 Å². The molecule has 338 valence electrons. The van der Waals surface area contributed by atoms with Crippen molar-refractivity contribution in [3.63, 3.8) is 0 Å². The third kappa shape index (κ3) is 5.67. The van der Waals surface area contributed by atoms with Crippen LogP contribution in [0.25, 0.3) is 95.0 Å². The number of ether oxygens (including phenoxy) is 1. The van der Waals surface area contributed by atoms with Gasteiger partial charge in [0.1, 0.15) is 11.5 Å². The van der Waals surface area contributed by atoms with Crippen molar-refractivity contribution in [2.45, 2.75) is 24.7 Å². The van der Waals surface area contributed by atoms with E-state index < -0.39 is 5.41 Å². The van der Waals surface area contributed by atoms with Crippen molar-refractivity contribution >= 4 is 21.8 Å². The third-order valence-corrected chi connectivity index (χ3v) is 15.7. The van der Waals surface area contributed by atoms with Crippen LogP contribution in [0.15, 0.2) is 231 Å². The molecule has 10 aromatic carbocycles. The van der Waals surface area contributed by atoms with Gasteiger partial charge in [-0.25, -0.2) is 15.0 Å². The highest BCUT2D eigenvalue weighted by Crippen LogP contribution is 2.64. The smallest absolute Gasteiger partial charge is 0.164 e. The molecule has 0 fully saturated rings. The Morgan fingerprint density at radius 3 is 1.62 bits per heavy atom. The van der Waals surface area contributed by atoms with Crippen LogP contribution in [0.4, 0.5) is 0 Å². The van der Waals surface area contributed by atoms with Crippen LogP contribution in [0.3, 0.4) is 0 Å². The summed E-state index contributed by atoms with van der Waals surface area (Å²) in [6.45, 7) is 4.78. The largest absolute Gasteiger partial charge is 0.457 e. The van der Waals surface area contributed by atoms with E-state index in [9.17, 15) is 0 Å². The fraction of sp³-hybridized carbons (Fsp3) is 0.0597. The Labute approximate surface area is 417 Å². The first-order chi connectivity index (χ1) is 35.4. The zero-order chi connectivity index (χ0) is 47.7. The Hall–Kier alpha value is -9.19. The number of fused-ring (bicyclic) bond motifs is 15. The van der Waals surface area contributed by atoms with Crippen LogP contribution in [0.1, 0.15) is 47.2 Å². The summed E-state index contributed by atoms with van der Waals surface area (Å²) in [5, 5.41) is 2.53. The molecule has 0 atom stereocenters. The van der Waals surface area contributed by atoms with E-state index >= 15 is 0 Å². The molecule has 0 bridgehead atoms. The van der Waals surface area contributed by atoms with Crippen molar-refractivity contribution in [3.8, 4) is 84.7 Å². The summed E-state index contributed by atoms with van der Waals surface area (Å²) in [7, 11) is 0. The van der Waals surface area contributed by atoms with Crippen molar-refractivity contribution in [2.24, 2.45) is 0 Å². The van der Waals surface area contributed by atoms with Gasteiger partial charge >= 0.3 is 0 Å². The summed E-state index contributed by atoms with van der Waals surface area (Å²) in [5.41, 5.74) is 19.9. The summed E-state index contributed by atoms with van der Waals surface area (Å²) in [6.07, 6.45) is 0. The first-order valence-corrected chi connectivity index (χ1v) is 24.8. The molecular weight excluding hydrogens is 877 g/mol. The average Bonchev–Trinajstić information content (AvgIpc) is 4.01. The normalized spacial score (nSPS) is 14.0. The predicted octanol–water partition coefficient (Wildman–Crippen LogP) is 16.4. The van der Waals surface area contributed by atoms with Crippen LogP contribution in [0.2, 0.25) is 0 Å². The quantitative estimate of drug-likeness (QED) is 0.173. The average molecular weight is 921 g/mol. The van der Waals surface area contributed by atoms with Crippen molar-refractivity contribution in [1.29, 1.82) is 0 Å². The molecule has 0 radical (unpaired) electrons. The van der Waals surface area contributed by atoms with E-state index in [4.69, 9.17) is 19.7 Å². The van der Waals surface area contributed by atoms with Crippen LogP contribution in [-0.4, -0.2) is 19.5 Å². The van der Waals surface area contributed by atoms with Crippen LogP contribution in [0.5, 0.6) is 11.5 Å². The van der Waals surface area contributed by atoms with Gasteiger partial charge in [-0.2, -0.15) is 0 Å². The van der Waals surface area contributed by atoms with Crippen LogP contribution in [0, 0.1) is 0 Å². The molecule has 3 aliphatic rings. The molecule has 1 spiro atoms. The standard InChI is InChI=1S/C67H44N4O/c1-66(2)56-38-44(33-35-46(56)49-39-50-47-25-12-15-30-58(47)71(59(50)40-57(49)66)45-23-10-5-11-24-45)43-34-36-52-51(37-43)62-48(65-69-63(41-19-6-3-7-20-41)68-64(70-65)42-21-8-4-9-22-42)26-18-29-55(62)67(52)53-27-13-16-31-60(53)72-61-32-17-14-28-54(61)67/h3-40H,1-2H3. The third-order valence-electron chi connectivity index (χ3n) is 15.7. The highest BCUT2D eigenvalue weighted by Gasteiger charge is 2.52. The number of para-hydroxylation sites is 4. The molecular formula is C67H44N4O. The first kappa shape index (κ1) is 40.7. The maximum Gasteiger partial charge on any atom is 0.164 e. The molecule has 15 rings (SSSR count). The summed E-state index contributed by atoms with van der Waals surface area (Å²) >= 11 is 0. The van der Waals surface area contributed by atoms with Gasteiger partial charge in [0.2, 0.25) is 0 Å². The van der Waals surface area contributed by atoms with Crippen molar-refractivity contribution < 1.29 is 4.74 Å². The Morgan fingerprint density at radius 1 is 0.347 bits per heavy atom. The Kier molecular flexibility index (Phi) is 8.56. The molecule has 5 heteroatoms. The first-order valence-electron chi connectivity index (χ1n) is 24.8. The number of aromatic nitrogens is 4. The number of hydrogen-bond acceptors (Lipinski definition) is 4. The van der Waals surface area contributed by atoms with Gasteiger partial charge < -0.3 is 9.30 Å². The van der Waals surface area contributed by atoms with Crippen molar-refractivity contribution in [2.75, 3.05) is 0 Å². The Bertz CT molecular complexity index is 4110. The van der Waals surface area contributed by atoms with Crippen LogP contribution < -0.4 is 4.74 Å². The number of nitrogens with zero attached hydrogens (tertiary/aromatic N) is 4. The van der Waals surface area contributed by atoms with E-state index in [1.54, 1.807) is 0 Å². The lowest BCUT2D eigenvalue weighted by Gasteiger charge is -2.39. The minimum Gasteiger partial charge on any atom is -0.457 e. The molecule has 12 aromatic rings. The monoisotopic (exact) mass is 920 g/mol. The van der Waals surface area contributed by atoms with Crippen molar-refractivity contribution in [1.82, 2.24) is 19.5 Å². The topological polar surface area (TPSA) is 52.8 Å². The molecule has 0 N–H and O–H groups in total. The number of hydrogen-bond donors (Lipinski definition) is 0. The summed E-state index contributed by atoms with van der Waals surface area (Å²) < 4.78 is 9.18. The minimum absolute atomic E-state index is 0.255. The van der Waals surface area contributed by atoms with Gasteiger partial charge in [0, 0.05) is 49.7 Å².